The third-order valence-electron chi connectivity index (χ3n) is 5.69. The molecule has 2 aliphatic heterocycles. The van der Waals surface area contributed by atoms with Crippen LogP contribution < -0.4 is 4.90 Å². The van der Waals surface area contributed by atoms with Crippen molar-refractivity contribution in [3.63, 3.8) is 0 Å². The molecular weight excluding hydrogens is 416 g/mol. The number of carbonyl (C=O) groups is 2. The molecule has 3 rings (SSSR count). The van der Waals surface area contributed by atoms with E-state index < -0.39 is 5.97 Å². The average molecular weight is 447 g/mol. The maximum atomic E-state index is 12.6. The van der Waals surface area contributed by atoms with Crippen LogP contribution in [-0.2, 0) is 9.59 Å². The lowest BCUT2D eigenvalue weighted by Gasteiger charge is -2.34. The SMILES string of the molecule is CCCCC1CCCN(c2ccc(C=C3SC(=S)N(CCCC(=O)O)C3=O)cc2)C1. The number of piperidine rings is 1. The van der Waals surface area contributed by atoms with E-state index in [0.717, 1.165) is 24.6 Å². The molecule has 0 spiro atoms. The molecule has 5 nitrogen and oxygen atoms in total. The molecule has 7 heteroatoms. The topological polar surface area (TPSA) is 60.9 Å². The summed E-state index contributed by atoms with van der Waals surface area (Å²) in [5.74, 6) is -0.197. The number of hydrogen-bond acceptors (Lipinski definition) is 5. The summed E-state index contributed by atoms with van der Waals surface area (Å²) in [5.41, 5.74) is 2.22. The highest BCUT2D eigenvalue weighted by Crippen LogP contribution is 2.33. The van der Waals surface area contributed by atoms with Crippen LogP contribution in [0.3, 0.4) is 0 Å². The summed E-state index contributed by atoms with van der Waals surface area (Å²) < 4.78 is 0.500. The van der Waals surface area contributed by atoms with E-state index in [1.807, 2.05) is 6.08 Å². The van der Waals surface area contributed by atoms with Crippen molar-refractivity contribution in [2.24, 2.45) is 5.92 Å². The molecule has 2 aliphatic rings. The molecule has 1 aromatic rings. The number of carboxylic acid groups (broad SMARTS) is 1. The first-order valence-corrected chi connectivity index (χ1v) is 12.0. The molecule has 0 radical (unpaired) electrons. The standard InChI is InChI=1S/C23H30N2O3S2/c1-2-3-6-18-7-4-13-24(16-18)19-11-9-17(10-12-19)15-20-22(28)25(23(29)30-20)14-5-8-21(26)27/h9-12,15,18H,2-8,13-14,16H2,1H3,(H,26,27). The number of thiocarbonyl (C=S) groups is 1. The average Bonchev–Trinajstić information content (AvgIpc) is 3.00. The second-order valence-corrected chi connectivity index (χ2v) is 9.69. The van der Waals surface area contributed by atoms with Gasteiger partial charge in [-0.2, -0.15) is 0 Å². The largest absolute Gasteiger partial charge is 0.481 e. The summed E-state index contributed by atoms with van der Waals surface area (Å²) in [7, 11) is 0. The van der Waals surface area contributed by atoms with Crippen LogP contribution >= 0.6 is 24.0 Å². The normalized spacial score (nSPS) is 21.0. The predicted octanol–water partition coefficient (Wildman–Crippen LogP) is 5.16. The number of anilines is 1. The Morgan fingerprint density at radius 1 is 1.30 bits per heavy atom. The Morgan fingerprint density at radius 2 is 2.07 bits per heavy atom. The fourth-order valence-corrected chi connectivity index (χ4v) is 5.35. The van der Waals surface area contributed by atoms with Gasteiger partial charge >= 0.3 is 5.97 Å². The summed E-state index contributed by atoms with van der Waals surface area (Å²) in [4.78, 5) is 27.9. The molecule has 1 aromatic carbocycles. The summed E-state index contributed by atoms with van der Waals surface area (Å²) in [6.45, 7) is 4.84. The molecule has 1 unspecified atom stereocenters. The predicted molar refractivity (Wildman–Crippen MR) is 128 cm³/mol. The molecule has 0 aliphatic carbocycles. The first-order chi connectivity index (χ1) is 14.5. The molecule has 0 saturated carbocycles. The summed E-state index contributed by atoms with van der Waals surface area (Å²) in [6.07, 6.45) is 8.79. The number of aliphatic carboxylic acids is 1. The highest BCUT2D eigenvalue weighted by Gasteiger charge is 2.31. The minimum absolute atomic E-state index is 0.0351. The third kappa shape index (κ3) is 6.08. The smallest absolute Gasteiger partial charge is 0.303 e. The molecule has 2 heterocycles. The van der Waals surface area contributed by atoms with Crippen molar-refractivity contribution >= 4 is 51.9 Å². The van der Waals surface area contributed by atoms with Gasteiger partial charge < -0.3 is 10.0 Å². The Morgan fingerprint density at radius 3 is 2.77 bits per heavy atom. The van der Waals surface area contributed by atoms with Crippen molar-refractivity contribution in [2.75, 3.05) is 24.5 Å². The molecular formula is C23H30N2O3S2. The molecule has 162 valence electrons. The monoisotopic (exact) mass is 446 g/mol. The Balaban J connectivity index is 1.61. The van der Waals surface area contributed by atoms with E-state index in [1.54, 1.807) is 0 Å². The minimum atomic E-state index is -0.860. The molecule has 2 fully saturated rings. The van der Waals surface area contributed by atoms with Crippen LogP contribution in [0.2, 0.25) is 0 Å². The Kier molecular flexibility index (Phi) is 8.33. The van der Waals surface area contributed by atoms with Gasteiger partial charge in [-0.1, -0.05) is 55.9 Å². The van der Waals surface area contributed by atoms with Crippen LogP contribution in [0, 0.1) is 5.92 Å². The number of rotatable bonds is 9. The van der Waals surface area contributed by atoms with E-state index in [1.165, 1.54) is 54.5 Å². The second kappa shape index (κ2) is 11.0. The third-order valence-corrected chi connectivity index (χ3v) is 7.06. The van der Waals surface area contributed by atoms with Gasteiger partial charge in [0.15, 0.2) is 0 Å². The van der Waals surface area contributed by atoms with Crippen molar-refractivity contribution < 1.29 is 14.7 Å². The molecule has 30 heavy (non-hydrogen) atoms. The maximum absolute atomic E-state index is 12.6. The zero-order valence-corrected chi connectivity index (χ0v) is 19.1. The van der Waals surface area contributed by atoms with Crippen molar-refractivity contribution in [3.05, 3.63) is 34.7 Å². The summed E-state index contributed by atoms with van der Waals surface area (Å²) in [6, 6.07) is 8.40. The fraction of sp³-hybridized carbons (Fsp3) is 0.522. The van der Waals surface area contributed by atoms with E-state index in [2.05, 4.69) is 36.1 Å². The minimum Gasteiger partial charge on any atom is -0.481 e. The quantitative estimate of drug-likeness (QED) is 0.418. The van der Waals surface area contributed by atoms with Crippen LogP contribution in [-0.4, -0.2) is 45.8 Å². The lowest BCUT2D eigenvalue weighted by atomic mass is 9.92. The second-order valence-electron chi connectivity index (χ2n) is 8.02. The fourth-order valence-electron chi connectivity index (χ4n) is 4.04. The number of unbranched alkanes of at least 4 members (excludes halogenated alkanes) is 1. The van der Waals surface area contributed by atoms with Crippen molar-refractivity contribution in [1.29, 1.82) is 0 Å². The van der Waals surface area contributed by atoms with Gasteiger partial charge in [-0.3, -0.25) is 14.5 Å². The van der Waals surface area contributed by atoms with E-state index in [9.17, 15) is 9.59 Å². The summed E-state index contributed by atoms with van der Waals surface area (Å²) >= 11 is 6.60. The van der Waals surface area contributed by atoms with E-state index in [-0.39, 0.29) is 12.3 Å². The molecule has 1 amide bonds. The van der Waals surface area contributed by atoms with Crippen LogP contribution in [0.4, 0.5) is 5.69 Å². The highest BCUT2D eigenvalue weighted by atomic mass is 32.2. The first-order valence-electron chi connectivity index (χ1n) is 10.8. The number of benzene rings is 1. The van der Waals surface area contributed by atoms with Crippen molar-refractivity contribution in [2.45, 2.75) is 51.9 Å². The van der Waals surface area contributed by atoms with Crippen LogP contribution in [0.1, 0.15) is 57.4 Å². The number of carbonyl (C=O) groups excluding carboxylic acids is 1. The van der Waals surface area contributed by atoms with Gasteiger partial charge in [-0.15, -0.1) is 0 Å². The van der Waals surface area contributed by atoms with Gasteiger partial charge in [-0.05, 0) is 55.4 Å². The lowest BCUT2D eigenvalue weighted by molar-refractivity contribution is -0.137. The Hall–Kier alpha value is -1.86. The number of hydrogen-bond donors (Lipinski definition) is 1. The molecule has 0 aromatic heterocycles. The molecule has 2 saturated heterocycles. The summed E-state index contributed by atoms with van der Waals surface area (Å²) in [5, 5.41) is 8.78. The van der Waals surface area contributed by atoms with E-state index >= 15 is 0 Å². The maximum Gasteiger partial charge on any atom is 0.303 e. The lowest BCUT2D eigenvalue weighted by Crippen LogP contribution is -2.35. The Bertz CT molecular complexity index is 807. The van der Waals surface area contributed by atoms with E-state index in [4.69, 9.17) is 17.3 Å². The number of thioether (sulfide) groups is 1. The first kappa shape index (κ1) is 22.8. The zero-order valence-electron chi connectivity index (χ0n) is 17.5. The van der Waals surface area contributed by atoms with Crippen LogP contribution in [0.15, 0.2) is 29.2 Å². The molecule has 1 atom stereocenters. The van der Waals surface area contributed by atoms with Gasteiger partial charge in [0.25, 0.3) is 5.91 Å². The number of nitrogens with zero attached hydrogens (tertiary/aromatic N) is 2. The zero-order chi connectivity index (χ0) is 21.5. The Labute approximate surface area is 188 Å². The van der Waals surface area contributed by atoms with E-state index in [0.29, 0.717) is 22.2 Å². The van der Waals surface area contributed by atoms with Gasteiger partial charge in [-0.25, -0.2) is 0 Å². The van der Waals surface area contributed by atoms with Gasteiger partial charge in [0.1, 0.15) is 4.32 Å². The van der Waals surface area contributed by atoms with Crippen molar-refractivity contribution in [3.8, 4) is 0 Å². The van der Waals surface area contributed by atoms with Crippen molar-refractivity contribution in [1.82, 2.24) is 4.90 Å². The van der Waals surface area contributed by atoms with Gasteiger partial charge in [0.05, 0.1) is 4.91 Å². The molecule has 1 N–H and O–H groups in total. The van der Waals surface area contributed by atoms with Gasteiger partial charge in [0, 0.05) is 31.7 Å². The van der Waals surface area contributed by atoms with Crippen LogP contribution in [0.25, 0.3) is 6.08 Å². The number of amides is 1. The highest BCUT2D eigenvalue weighted by molar-refractivity contribution is 8.26. The molecule has 0 bridgehead atoms. The van der Waals surface area contributed by atoms with Crippen LogP contribution in [0.5, 0.6) is 0 Å². The van der Waals surface area contributed by atoms with Gasteiger partial charge in [0.2, 0.25) is 0 Å². The number of carboxylic acids is 1.